The first-order valence-electron chi connectivity index (χ1n) is 2.73. The van der Waals surface area contributed by atoms with E-state index in [1.807, 2.05) is 0 Å². The van der Waals surface area contributed by atoms with Crippen molar-refractivity contribution in [2.24, 2.45) is 0 Å². The Labute approximate surface area is 54.4 Å². The van der Waals surface area contributed by atoms with E-state index < -0.39 is 8.25 Å². The van der Waals surface area contributed by atoms with Crippen molar-refractivity contribution >= 4 is 8.25 Å². The van der Waals surface area contributed by atoms with Crippen LogP contribution in [0.2, 0.25) is 0 Å². The van der Waals surface area contributed by atoms with Crippen LogP contribution in [0.5, 0.6) is 0 Å². The van der Waals surface area contributed by atoms with Crippen molar-refractivity contribution in [1.82, 2.24) is 0 Å². The molecule has 4 nitrogen and oxygen atoms in total. The third kappa shape index (κ3) is 11.6. The van der Waals surface area contributed by atoms with Gasteiger partial charge in [0.05, 0.1) is 0 Å². The summed E-state index contributed by atoms with van der Waals surface area (Å²) < 4.78 is 13.7. The van der Waals surface area contributed by atoms with Gasteiger partial charge in [0, 0.05) is 13.2 Å². The van der Waals surface area contributed by atoms with Crippen LogP contribution in [0.25, 0.3) is 0 Å². The maximum atomic E-state index is 8.74. The number of hydrogen-bond donors (Lipinski definition) is 2. The number of hydrogen-bond acceptors (Lipinski definition) is 2. The first-order valence-corrected chi connectivity index (χ1v) is 4.03. The number of ether oxygens (including phenoxy) is 1. The summed E-state index contributed by atoms with van der Waals surface area (Å²) in [6.07, 6.45) is 2.56. The van der Waals surface area contributed by atoms with Crippen molar-refractivity contribution < 1.29 is 19.1 Å². The van der Waals surface area contributed by atoms with Crippen molar-refractivity contribution in [3.05, 3.63) is 0 Å². The topological polar surface area (TPSA) is 66.8 Å². The van der Waals surface area contributed by atoms with E-state index in [0.717, 1.165) is 13.2 Å². The predicted octanol–water partition coefficient (Wildman–Crippen LogP) is 0.157. The standard InChI is InChI=1S/C4H8O.H3O3P/c1-2-4-5-3-1;1-4(2)3/h1-4H2;4H,(H2,1,2,3). The molecule has 56 valence electrons. The maximum absolute atomic E-state index is 8.74. The van der Waals surface area contributed by atoms with E-state index >= 15 is 0 Å². The zero-order valence-electron chi connectivity index (χ0n) is 5.04. The van der Waals surface area contributed by atoms with Gasteiger partial charge in [-0.1, -0.05) is 0 Å². The summed E-state index contributed by atoms with van der Waals surface area (Å²) in [5.41, 5.74) is 0. The second-order valence-electron chi connectivity index (χ2n) is 1.60. The summed E-state index contributed by atoms with van der Waals surface area (Å²) in [7, 11) is -3.13. The van der Waals surface area contributed by atoms with Crippen LogP contribution < -0.4 is 0 Å². The van der Waals surface area contributed by atoms with E-state index in [1.165, 1.54) is 12.8 Å². The lowest BCUT2D eigenvalue weighted by Crippen LogP contribution is -1.74. The van der Waals surface area contributed by atoms with Crippen LogP contribution in [-0.4, -0.2) is 23.0 Å². The molecule has 1 fully saturated rings. The molecule has 0 aromatic rings. The minimum atomic E-state index is -3.13. The van der Waals surface area contributed by atoms with Gasteiger partial charge in [0.25, 0.3) is 0 Å². The van der Waals surface area contributed by atoms with Gasteiger partial charge in [-0.15, -0.1) is 0 Å². The molecule has 9 heavy (non-hydrogen) atoms. The van der Waals surface area contributed by atoms with Crippen molar-refractivity contribution in [2.45, 2.75) is 12.8 Å². The zero-order chi connectivity index (χ0) is 7.11. The highest BCUT2D eigenvalue weighted by Crippen LogP contribution is 1.98. The lowest BCUT2D eigenvalue weighted by atomic mass is 10.4. The predicted molar refractivity (Wildman–Crippen MR) is 33.5 cm³/mol. The van der Waals surface area contributed by atoms with Crippen LogP contribution in [-0.2, 0) is 9.30 Å². The second kappa shape index (κ2) is 6.23. The van der Waals surface area contributed by atoms with Crippen molar-refractivity contribution in [3.8, 4) is 0 Å². The highest BCUT2D eigenvalue weighted by Gasteiger charge is 1.94. The average molecular weight is 154 g/mol. The van der Waals surface area contributed by atoms with Gasteiger partial charge in [-0.05, 0) is 12.8 Å². The van der Waals surface area contributed by atoms with Gasteiger partial charge >= 0.3 is 8.25 Å². The van der Waals surface area contributed by atoms with Gasteiger partial charge in [0.15, 0.2) is 0 Å². The Morgan fingerprint density at radius 1 is 1.22 bits per heavy atom. The van der Waals surface area contributed by atoms with E-state index in [2.05, 4.69) is 0 Å². The highest BCUT2D eigenvalue weighted by molar-refractivity contribution is 7.30. The molecule has 0 unspecified atom stereocenters. The van der Waals surface area contributed by atoms with Crippen molar-refractivity contribution in [1.29, 1.82) is 0 Å². The molecule has 0 aromatic carbocycles. The molecule has 1 saturated heterocycles. The Bertz CT molecular complexity index is 69.0. The molecule has 0 aromatic heterocycles. The largest absolute Gasteiger partial charge is 0.381 e. The van der Waals surface area contributed by atoms with Gasteiger partial charge in [-0.25, -0.2) is 0 Å². The number of rotatable bonds is 0. The molecular formula is C4H11O4P. The van der Waals surface area contributed by atoms with Gasteiger partial charge in [0.1, 0.15) is 0 Å². The minimum absolute atomic E-state index is 1.00. The quantitative estimate of drug-likeness (QED) is 0.487. The monoisotopic (exact) mass is 154 g/mol. The fraction of sp³-hybridized carbons (Fsp3) is 1.00. The van der Waals surface area contributed by atoms with Crippen molar-refractivity contribution in [2.75, 3.05) is 13.2 Å². The summed E-state index contributed by atoms with van der Waals surface area (Å²) in [5.74, 6) is 0. The Morgan fingerprint density at radius 3 is 1.67 bits per heavy atom. The van der Waals surface area contributed by atoms with Crippen LogP contribution >= 0.6 is 8.25 Å². The highest BCUT2D eigenvalue weighted by atomic mass is 31.1. The smallest absolute Gasteiger partial charge is 0.314 e. The van der Waals surface area contributed by atoms with Crippen LogP contribution in [0.3, 0.4) is 0 Å². The van der Waals surface area contributed by atoms with Crippen LogP contribution in [0, 0.1) is 0 Å². The summed E-state index contributed by atoms with van der Waals surface area (Å²) >= 11 is 0. The van der Waals surface area contributed by atoms with Gasteiger partial charge in [0.2, 0.25) is 0 Å². The molecule has 1 aliphatic heterocycles. The SMILES string of the molecule is C1CCOC1.O=[PH](O)O. The van der Waals surface area contributed by atoms with Crippen LogP contribution in [0.4, 0.5) is 0 Å². The van der Waals surface area contributed by atoms with Gasteiger partial charge < -0.3 is 14.5 Å². The van der Waals surface area contributed by atoms with Gasteiger partial charge in [-0.3, -0.25) is 4.57 Å². The molecule has 0 spiro atoms. The van der Waals surface area contributed by atoms with E-state index in [1.54, 1.807) is 0 Å². The summed E-state index contributed by atoms with van der Waals surface area (Å²) in [5, 5.41) is 0. The molecule has 2 N–H and O–H groups in total. The lowest BCUT2D eigenvalue weighted by molar-refractivity contribution is 0.198. The molecule has 0 bridgehead atoms. The maximum Gasteiger partial charge on any atom is 0.314 e. The third-order valence-electron chi connectivity index (χ3n) is 0.827. The fourth-order valence-electron chi connectivity index (χ4n) is 0.510. The Morgan fingerprint density at radius 2 is 1.56 bits per heavy atom. The second-order valence-corrected chi connectivity index (χ2v) is 2.17. The van der Waals surface area contributed by atoms with Gasteiger partial charge in [-0.2, -0.15) is 0 Å². The Balaban J connectivity index is 0.000000148. The first-order chi connectivity index (χ1) is 4.23. The van der Waals surface area contributed by atoms with E-state index in [0.29, 0.717) is 0 Å². The Kier molecular flexibility index (Phi) is 6.31. The average Bonchev–Trinajstić information content (AvgIpc) is 2.11. The molecule has 0 aliphatic carbocycles. The molecule has 5 heteroatoms. The molecule has 1 heterocycles. The molecule has 0 amide bonds. The molecular weight excluding hydrogens is 143 g/mol. The molecule has 1 aliphatic rings. The van der Waals surface area contributed by atoms with E-state index in [-0.39, 0.29) is 0 Å². The van der Waals surface area contributed by atoms with Crippen LogP contribution in [0.1, 0.15) is 12.8 Å². The fourth-order valence-corrected chi connectivity index (χ4v) is 0.510. The summed E-state index contributed by atoms with van der Waals surface area (Å²) in [6, 6.07) is 0. The molecule has 0 radical (unpaired) electrons. The van der Waals surface area contributed by atoms with E-state index in [9.17, 15) is 0 Å². The van der Waals surface area contributed by atoms with Crippen LogP contribution in [0.15, 0.2) is 0 Å². The minimum Gasteiger partial charge on any atom is -0.381 e. The summed E-state index contributed by atoms with van der Waals surface area (Å²) in [4.78, 5) is 14.3. The normalized spacial score (nSPS) is 17.2. The Hall–Kier alpha value is 0.110. The van der Waals surface area contributed by atoms with Crippen molar-refractivity contribution in [3.63, 3.8) is 0 Å². The molecule has 0 saturated carbocycles. The zero-order valence-corrected chi connectivity index (χ0v) is 6.04. The van der Waals surface area contributed by atoms with E-state index in [4.69, 9.17) is 19.1 Å². The lowest BCUT2D eigenvalue weighted by Gasteiger charge is -1.76. The third-order valence-corrected chi connectivity index (χ3v) is 0.827. The molecule has 1 rings (SSSR count). The molecule has 0 atom stereocenters. The summed E-state index contributed by atoms with van der Waals surface area (Å²) in [6.45, 7) is 2.00. The first kappa shape index (κ1) is 9.11.